The van der Waals surface area contributed by atoms with Gasteiger partial charge >= 0.3 is 0 Å². The van der Waals surface area contributed by atoms with Gasteiger partial charge in [0.25, 0.3) is 5.91 Å². The number of carbonyl (C=O) groups is 1. The highest BCUT2D eigenvalue weighted by Crippen LogP contribution is 2.14. The summed E-state index contributed by atoms with van der Waals surface area (Å²) in [6, 6.07) is 8.04. The fourth-order valence-corrected chi connectivity index (χ4v) is 3.00. The summed E-state index contributed by atoms with van der Waals surface area (Å²) in [4.78, 5) is 25.3. The summed E-state index contributed by atoms with van der Waals surface area (Å²) in [6.07, 6.45) is 2.08. The van der Waals surface area contributed by atoms with E-state index in [4.69, 9.17) is 0 Å². The topological polar surface area (TPSA) is 61.4 Å². The van der Waals surface area contributed by atoms with E-state index in [2.05, 4.69) is 32.0 Å². The lowest BCUT2D eigenvalue weighted by atomic mass is 10.1. The van der Waals surface area contributed by atoms with E-state index in [1.807, 2.05) is 0 Å². The molecule has 0 atom stereocenters. The van der Waals surface area contributed by atoms with Crippen LogP contribution in [0, 0.1) is 5.82 Å². The Balaban J connectivity index is 1.53. The number of nitrogens with one attached hydrogen (secondary N) is 1. The monoisotopic (exact) mass is 357 g/mol. The lowest BCUT2D eigenvalue weighted by Gasteiger charge is -2.34. The lowest BCUT2D eigenvalue weighted by Crippen LogP contribution is -2.46. The highest BCUT2D eigenvalue weighted by Gasteiger charge is 2.18. The summed E-state index contributed by atoms with van der Waals surface area (Å²) in [6.45, 7) is 7.49. The zero-order chi connectivity index (χ0) is 18.4. The highest BCUT2D eigenvalue weighted by atomic mass is 19.1. The predicted octanol–water partition coefficient (Wildman–Crippen LogP) is 1.73. The van der Waals surface area contributed by atoms with Gasteiger partial charge in [-0.25, -0.2) is 14.4 Å². The molecule has 1 aromatic carbocycles. The Kier molecular flexibility index (Phi) is 6.12. The van der Waals surface area contributed by atoms with E-state index in [-0.39, 0.29) is 11.7 Å². The number of halogens is 1. The summed E-state index contributed by atoms with van der Waals surface area (Å²) in [5.74, 6) is 0.313. The fraction of sp³-hybridized carbons (Fsp3) is 0.421. The van der Waals surface area contributed by atoms with E-state index < -0.39 is 0 Å². The van der Waals surface area contributed by atoms with Crippen LogP contribution in [-0.4, -0.2) is 60.0 Å². The molecule has 1 fully saturated rings. The minimum absolute atomic E-state index is 0.219. The molecule has 1 aliphatic heterocycles. The summed E-state index contributed by atoms with van der Waals surface area (Å²) in [7, 11) is 0. The molecule has 6 nitrogen and oxygen atoms in total. The number of benzene rings is 1. The first-order valence-electron chi connectivity index (χ1n) is 8.97. The number of anilines is 1. The Morgan fingerprint density at radius 3 is 2.58 bits per heavy atom. The smallest absolute Gasteiger partial charge is 0.270 e. The minimum atomic E-state index is -0.258. The molecule has 1 aromatic heterocycles. The van der Waals surface area contributed by atoms with Gasteiger partial charge in [0.15, 0.2) is 0 Å². The Hall–Kier alpha value is -2.54. The molecular weight excluding hydrogens is 333 g/mol. The van der Waals surface area contributed by atoms with Crippen LogP contribution in [-0.2, 0) is 6.42 Å². The number of nitrogens with zero attached hydrogens (tertiary/aromatic N) is 4. The minimum Gasteiger partial charge on any atom is -0.354 e. The maximum atomic E-state index is 12.9. The van der Waals surface area contributed by atoms with Crippen LogP contribution in [0.15, 0.2) is 36.7 Å². The van der Waals surface area contributed by atoms with Crippen molar-refractivity contribution in [2.75, 3.05) is 44.2 Å². The van der Waals surface area contributed by atoms with E-state index in [0.717, 1.165) is 44.1 Å². The van der Waals surface area contributed by atoms with Gasteiger partial charge in [-0.1, -0.05) is 19.1 Å². The number of aromatic nitrogens is 2. The number of carbonyl (C=O) groups excluding carboxylic acids is 1. The number of piperazine rings is 1. The van der Waals surface area contributed by atoms with E-state index >= 15 is 0 Å². The molecule has 26 heavy (non-hydrogen) atoms. The van der Waals surface area contributed by atoms with Gasteiger partial charge in [0.2, 0.25) is 0 Å². The van der Waals surface area contributed by atoms with Crippen LogP contribution in [0.1, 0.15) is 23.0 Å². The summed E-state index contributed by atoms with van der Waals surface area (Å²) in [5.41, 5.74) is 1.34. The van der Waals surface area contributed by atoms with E-state index in [1.165, 1.54) is 18.5 Å². The van der Waals surface area contributed by atoms with E-state index in [1.54, 1.807) is 18.2 Å². The van der Waals surface area contributed by atoms with Crippen molar-refractivity contribution in [2.45, 2.75) is 13.3 Å². The Labute approximate surface area is 153 Å². The summed E-state index contributed by atoms with van der Waals surface area (Å²) < 4.78 is 12.9. The predicted molar refractivity (Wildman–Crippen MR) is 98.8 cm³/mol. The molecule has 0 bridgehead atoms. The maximum Gasteiger partial charge on any atom is 0.270 e. The molecule has 0 radical (unpaired) electrons. The Morgan fingerprint density at radius 2 is 1.88 bits per heavy atom. The van der Waals surface area contributed by atoms with Gasteiger partial charge in [0.1, 0.15) is 23.7 Å². The summed E-state index contributed by atoms with van der Waals surface area (Å²) >= 11 is 0. The molecule has 2 heterocycles. The fourth-order valence-electron chi connectivity index (χ4n) is 3.00. The van der Waals surface area contributed by atoms with Gasteiger partial charge in [-0.2, -0.15) is 0 Å². The molecule has 1 amide bonds. The molecule has 0 spiro atoms. The molecule has 1 aliphatic rings. The summed E-state index contributed by atoms with van der Waals surface area (Å²) in [5, 5.41) is 2.86. The van der Waals surface area contributed by atoms with Gasteiger partial charge in [-0.15, -0.1) is 0 Å². The molecule has 0 saturated carbocycles. The molecule has 0 unspecified atom stereocenters. The van der Waals surface area contributed by atoms with Crippen LogP contribution in [0.4, 0.5) is 10.2 Å². The second kappa shape index (κ2) is 8.71. The molecule has 7 heteroatoms. The number of rotatable bonds is 6. The van der Waals surface area contributed by atoms with Gasteiger partial charge < -0.3 is 15.1 Å². The highest BCUT2D eigenvalue weighted by molar-refractivity contribution is 5.92. The van der Waals surface area contributed by atoms with Gasteiger partial charge in [-0.3, -0.25) is 4.79 Å². The SMILES string of the molecule is CCN1CCN(c2cc(C(=O)NCCc3ccc(F)cc3)ncn2)CC1. The van der Waals surface area contributed by atoms with Crippen molar-refractivity contribution in [3.8, 4) is 0 Å². The van der Waals surface area contributed by atoms with Crippen LogP contribution in [0.2, 0.25) is 0 Å². The van der Waals surface area contributed by atoms with Crippen molar-refractivity contribution < 1.29 is 9.18 Å². The average Bonchev–Trinajstić information content (AvgIpc) is 2.69. The third kappa shape index (κ3) is 4.76. The number of amides is 1. The van der Waals surface area contributed by atoms with E-state index in [0.29, 0.717) is 18.7 Å². The van der Waals surface area contributed by atoms with Crippen molar-refractivity contribution in [1.29, 1.82) is 0 Å². The zero-order valence-electron chi connectivity index (χ0n) is 15.0. The number of hydrogen-bond acceptors (Lipinski definition) is 5. The van der Waals surface area contributed by atoms with Gasteiger partial charge in [0.05, 0.1) is 0 Å². The maximum absolute atomic E-state index is 12.9. The second-order valence-electron chi connectivity index (χ2n) is 6.32. The lowest BCUT2D eigenvalue weighted by molar-refractivity contribution is 0.0949. The molecule has 1 saturated heterocycles. The Morgan fingerprint density at radius 1 is 1.15 bits per heavy atom. The first-order chi connectivity index (χ1) is 12.7. The number of likely N-dealkylation sites (N-methyl/N-ethyl adjacent to an activating group) is 1. The van der Waals surface area contributed by atoms with Crippen molar-refractivity contribution in [1.82, 2.24) is 20.2 Å². The standard InChI is InChI=1S/C19H24FN5O/c1-2-24-9-11-25(12-10-24)18-13-17(22-14-23-18)19(26)21-8-7-15-3-5-16(20)6-4-15/h3-6,13-14H,2,7-12H2,1H3,(H,21,26). The van der Waals surface area contributed by atoms with Crippen LogP contribution in [0.5, 0.6) is 0 Å². The molecule has 3 rings (SSSR count). The third-order valence-electron chi connectivity index (χ3n) is 4.64. The Bertz CT molecular complexity index is 729. The zero-order valence-corrected chi connectivity index (χ0v) is 15.0. The molecule has 0 aliphatic carbocycles. The van der Waals surface area contributed by atoms with E-state index in [9.17, 15) is 9.18 Å². The number of hydrogen-bond donors (Lipinski definition) is 1. The normalized spacial score (nSPS) is 15.1. The van der Waals surface area contributed by atoms with Gasteiger partial charge in [0, 0.05) is 38.8 Å². The quantitative estimate of drug-likeness (QED) is 0.853. The largest absolute Gasteiger partial charge is 0.354 e. The van der Waals surface area contributed by atoms with Crippen LogP contribution >= 0.6 is 0 Å². The van der Waals surface area contributed by atoms with Crippen LogP contribution in [0.3, 0.4) is 0 Å². The van der Waals surface area contributed by atoms with Crippen molar-refractivity contribution in [2.24, 2.45) is 0 Å². The second-order valence-corrected chi connectivity index (χ2v) is 6.32. The van der Waals surface area contributed by atoms with Crippen molar-refractivity contribution in [3.05, 3.63) is 53.7 Å². The van der Waals surface area contributed by atoms with Gasteiger partial charge in [-0.05, 0) is 30.7 Å². The van der Waals surface area contributed by atoms with Crippen LogP contribution in [0.25, 0.3) is 0 Å². The molecule has 2 aromatic rings. The molecule has 138 valence electrons. The average molecular weight is 357 g/mol. The van der Waals surface area contributed by atoms with Crippen LogP contribution < -0.4 is 10.2 Å². The molecular formula is C19H24FN5O. The first kappa shape index (κ1) is 18.3. The first-order valence-corrected chi connectivity index (χ1v) is 8.97. The third-order valence-corrected chi connectivity index (χ3v) is 4.64. The van der Waals surface area contributed by atoms with Crippen molar-refractivity contribution >= 4 is 11.7 Å². The van der Waals surface area contributed by atoms with Crippen molar-refractivity contribution in [3.63, 3.8) is 0 Å². The molecule has 1 N–H and O–H groups in total.